The molecule has 1 saturated carbocycles. The third-order valence-electron chi connectivity index (χ3n) is 4.73. The molecule has 26 heavy (non-hydrogen) atoms. The number of rotatable bonds is 4. The van der Waals surface area contributed by atoms with Crippen LogP contribution in [0.15, 0.2) is 33.6 Å². The molecular weight excluding hydrogens is 354 g/mol. The van der Waals surface area contributed by atoms with E-state index in [4.69, 9.17) is 10.3 Å². The first-order valence-corrected chi connectivity index (χ1v) is 8.61. The van der Waals surface area contributed by atoms with E-state index in [0.717, 1.165) is 19.3 Å². The standard InChI is InChI=1S/C18H21N5O2.ClH/c1-11(2)10-23-16(24)13-7-4-3-6-12(13)14(21-23)15-20-17(22-25-15)18(19)8-5-9-18;/h3-4,6-7,11H,5,8-10,19H2,1-2H3;1H. The Morgan fingerprint density at radius 2 is 1.96 bits per heavy atom. The number of hydrogen-bond acceptors (Lipinski definition) is 6. The molecule has 0 unspecified atom stereocenters. The van der Waals surface area contributed by atoms with Crippen LogP contribution in [-0.4, -0.2) is 19.9 Å². The lowest BCUT2D eigenvalue weighted by Gasteiger charge is -2.34. The Labute approximate surface area is 157 Å². The van der Waals surface area contributed by atoms with Crippen molar-refractivity contribution in [2.24, 2.45) is 11.7 Å². The lowest BCUT2D eigenvalue weighted by Crippen LogP contribution is -2.44. The Balaban J connectivity index is 0.00000196. The van der Waals surface area contributed by atoms with Crippen LogP contribution in [0.4, 0.5) is 0 Å². The van der Waals surface area contributed by atoms with Gasteiger partial charge >= 0.3 is 0 Å². The van der Waals surface area contributed by atoms with Crippen molar-refractivity contribution < 1.29 is 4.52 Å². The van der Waals surface area contributed by atoms with Crippen molar-refractivity contribution in [2.75, 3.05) is 0 Å². The quantitative estimate of drug-likeness (QED) is 0.752. The van der Waals surface area contributed by atoms with Gasteiger partial charge in [-0.15, -0.1) is 12.4 Å². The molecule has 2 heterocycles. The summed E-state index contributed by atoms with van der Waals surface area (Å²) in [5.41, 5.74) is 6.21. The lowest BCUT2D eigenvalue weighted by atomic mass is 9.77. The van der Waals surface area contributed by atoms with Crippen LogP contribution in [0, 0.1) is 5.92 Å². The minimum Gasteiger partial charge on any atom is -0.332 e. The van der Waals surface area contributed by atoms with E-state index in [2.05, 4.69) is 15.2 Å². The average molecular weight is 376 g/mol. The summed E-state index contributed by atoms with van der Waals surface area (Å²) in [6.07, 6.45) is 2.78. The highest BCUT2D eigenvalue weighted by molar-refractivity contribution is 5.91. The van der Waals surface area contributed by atoms with E-state index in [1.807, 2.05) is 32.0 Å². The van der Waals surface area contributed by atoms with Gasteiger partial charge in [0.2, 0.25) is 0 Å². The predicted molar refractivity (Wildman–Crippen MR) is 101 cm³/mol. The van der Waals surface area contributed by atoms with E-state index in [1.54, 1.807) is 6.07 Å². The van der Waals surface area contributed by atoms with E-state index in [1.165, 1.54) is 4.68 Å². The smallest absolute Gasteiger partial charge is 0.279 e. The van der Waals surface area contributed by atoms with Crippen LogP contribution >= 0.6 is 12.4 Å². The van der Waals surface area contributed by atoms with E-state index < -0.39 is 5.54 Å². The van der Waals surface area contributed by atoms with Gasteiger partial charge in [-0.1, -0.05) is 37.2 Å². The van der Waals surface area contributed by atoms with Crippen molar-refractivity contribution in [3.8, 4) is 11.6 Å². The third kappa shape index (κ3) is 3.01. The maximum Gasteiger partial charge on any atom is 0.279 e. The van der Waals surface area contributed by atoms with E-state index in [9.17, 15) is 4.79 Å². The molecule has 8 heteroatoms. The van der Waals surface area contributed by atoms with Gasteiger partial charge in [-0.3, -0.25) is 4.79 Å². The molecule has 3 aromatic rings. The normalized spacial score (nSPS) is 15.7. The molecule has 138 valence electrons. The molecule has 0 saturated heterocycles. The second-order valence-electron chi connectivity index (χ2n) is 7.21. The first kappa shape index (κ1) is 18.5. The zero-order chi connectivity index (χ0) is 17.6. The minimum absolute atomic E-state index is 0. The Bertz CT molecular complexity index is 991. The molecule has 1 fully saturated rings. The first-order valence-electron chi connectivity index (χ1n) is 8.61. The summed E-state index contributed by atoms with van der Waals surface area (Å²) in [5, 5.41) is 9.89. The number of hydrogen-bond donors (Lipinski definition) is 1. The summed E-state index contributed by atoms with van der Waals surface area (Å²) in [7, 11) is 0. The van der Waals surface area contributed by atoms with E-state index in [0.29, 0.717) is 40.6 Å². The van der Waals surface area contributed by atoms with Crippen molar-refractivity contribution in [1.29, 1.82) is 0 Å². The van der Waals surface area contributed by atoms with Crippen molar-refractivity contribution in [1.82, 2.24) is 19.9 Å². The van der Waals surface area contributed by atoms with Crippen molar-refractivity contribution in [2.45, 2.75) is 45.2 Å². The molecule has 0 spiro atoms. The number of halogens is 1. The van der Waals surface area contributed by atoms with Gasteiger partial charge in [0.25, 0.3) is 11.4 Å². The SMILES string of the molecule is CC(C)Cn1nc(-c2nc(C3(N)CCC3)no2)c2ccccc2c1=O.Cl. The van der Waals surface area contributed by atoms with Crippen LogP contribution in [0.3, 0.4) is 0 Å². The molecule has 0 radical (unpaired) electrons. The van der Waals surface area contributed by atoms with Crippen LogP contribution in [-0.2, 0) is 12.1 Å². The molecule has 1 aliphatic carbocycles. The van der Waals surface area contributed by atoms with Crippen LogP contribution < -0.4 is 11.3 Å². The van der Waals surface area contributed by atoms with Crippen molar-refractivity contribution >= 4 is 23.2 Å². The summed E-state index contributed by atoms with van der Waals surface area (Å²) in [5.74, 6) is 1.11. The van der Waals surface area contributed by atoms with Crippen molar-refractivity contribution in [3.63, 3.8) is 0 Å². The van der Waals surface area contributed by atoms with Crippen LogP contribution in [0.1, 0.15) is 38.9 Å². The summed E-state index contributed by atoms with van der Waals surface area (Å²) < 4.78 is 6.94. The fourth-order valence-electron chi connectivity index (χ4n) is 3.17. The second-order valence-corrected chi connectivity index (χ2v) is 7.21. The maximum atomic E-state index is 12.7. The van der Waals surface area contributed by atoms with Crippen molar-refractivity contribution in [3.05, 3.63) is 40.4 Å². The Morgan fingerprint density at radius 3 is 2.58 bits per heavy atom. The molecule has 0 atom stereocenters. The molecule has 1 aromatic carbocycles. The van der Waals surface area contributed by atoms with Crippen LogP contribution in [0.5, 0.6) is 0 Å². The molecule has 0 aliphatic heterocycles. The van der Waals surface area contributed by atoms with E-state index in [-0.39, 0.29) is 18.0 Å². The molecule has 0 bridgehead atoms. The maximum absolute atomic E-state index is 12.7. The second kappa shape index (κ2) is 6.81. The number of aromatic nitrogens is 4. The van der Waals surface area contributed by atoms with Gasteiger partial charge in [0, 0.05) is 11.9 Å². The fourth-order valence-corrected chi connectivity index (χ4v) is 3.17. The van der Waals surface area contributed by atoms with Gasteiger partial charge in [-0.2, -0.15) is 10.1 Å². The van der Waals surface area contributed by atoms with Crippen LogP contribution in [0.25, 0.3) is 22.4 Å². The highest BCUT2D eigenvalue weighted by atomic mass is 35.5. The Kier molecular flexibility index (Phi) is 4.86. The number of fused-ring (bicyclic) bond motifs is 1. The third-order valence-corrected chi connectivity index (χ3v) is 4.73. The highest BCUT2D eigenvalue weighted by Gasteiger charge is 2.39. The van der Waals surface area contributed by atoms with Gasteiger partial charge in [0.15, 0.2) is 11.5 Å². The zero-order valence-corrected chi connectivity index (χ0v) is 15.6. The topological polar surface area (TPSA) is 99.8 Å². The Morgan fingerprint density at radius 1 is 1.27 bits per heavy atom. The molecule has 4 rings (SSSR count). The lowest BCUT2D eigenvalue weighted by molar-refractivity contribution is 0.229. The molecular formula is C18H22ClN5O2. The highest BCUT2D eigenvalue weighted by Crippen LogP contribution is 2.37. The Hall–Kier alpha value is -2.25. The molecule has 1 aliphatic rings. The largest absolute Gasteiger partial charge is 0.332 e. The molecule has 2 aromatic heterocycles. The number of nitrogens with two attached hydrogens (primary N) is 1. The summed E-state index contributed by atoms with van der Waals surface area (Å²) in [6, 6.07) is 7.36. The number of benzene rings is 1. The van der Waals surface area contributed by atoms with Gasteiger partial charge in [0.05, 0.1) is 10.9 Å². The molecule has 2 N–H and O–H groups in total. The van der Waals surface area contributed by atoms with Gasteiger partial charge in [-0.05, 0) is 31.2 Å². The number of nitrogens with zero attached hydrogens (tertiary/aromatic N) is 4. The monoisotopic (exact) mass is 375 g/mol. The van der Waals surface area contributed by atoms with Gasteiger partial charge in [-0.25, -0.2) is 4.68 Å². The zero-order valence-electron chi connectivity index (χ0n) is 14.8. The van der Waals surface area contributed by atoms with Crippen LogP contribution in [0.2, 0.25) is 0 Å². The first-order chi connectivity index (χ1) is 12.0. The molecule has 7 nitrogen and oxygen atoms in total. The minimum atomic E-state index is -0.496. The van der Waals surface area contributed by atoms with Gasteiger partial charge in [0.1, 0.15) is 0 Å². The van der Waals surface area contributed by atoms with Gasteiger partial charge < -0.3 is 10.3 Å². The summed E-state index contributed by atoms with van der Waals surface area (Å²) in [6.45, 7) is 4.61. The summed E-state index contributed by atoms with van der Waals surface area (Å²) in [4.78, 5) is 17.2. The van der Waals surface area contributed by atoms with E-state index >= 15 is 0 Å². The average Bonchev–Trinajstić information content (AvgIpc) is 3.05. The summed E-state index contributed by atoms with van der Waals surface area (Å²) >= 11 is 0. The fraction of sp³-hybridized carbons (Fsp3) is 0.444. The predicted octanol–water partition coefficient (Wildman–Crippen LogP) is 2.86. The molecule has 0 amide bonds.